The molecule has 2 rings (SSSR count). The van der Waals surface area contributed by atoms with Gasteiger partial charge in [0.1, 0.15) is 6.10 Å². The van der Waals surface area contributed by atoms with E-state index in [1.807, 2.05) is 44.2 Å². The monoisotopic (exact) mass is 298 g/mol. The van der Waals surface area contributed by atoms with Crippen LogP contribution in [-0.4, -0.2) is 41.6 Å². The van der Waals surface area contributed by atoms with Crippen LogP contribution in [0.1, 0.15) is 25.5 Å². The van der Waals surface area contributed by atoms with Crippen molar-refractivity contribution in [3.63, 3.8) is 0 Å². The Morgan fingerprint density at radius 1 is 1.40 bits per heavy atom. The summed E-state index contributed by atoms with van der Waals surface area (Å²) in [6.45, 7) is 5.05. The summed E-state index contributed by atoms with van der Waals surface area (Å²) in [5.74, 6) is -0.485. The van der Waals surface area contributed by atoms with Gasteiger partial charge in [-0.05, 0) is 5.56 Å². The lowest BCUT2D eigenvalue weighted by atomic mass is 10.1. The Balaban J connectivity index is 2.19. The molecular weight excluding hydrogens is 278 g/mol. The molecule has 1 saturated heterocycles. The maximum absolute atomic E-state index is 12.8. The molecule has 0 saturated carbocycles. The van der Waals surface area contributed by atoms with E-state index in [0.29, 0.717) is 6.54 Å². The van der Waals surface area contributed by atoms with Gasteiger partial charge in [0.2, 0.25) is 8.45 Å². The summed E-state index contributed by atoms with van der Waals surface area (Å²) in [4.78, 5) is 11.8. The van der Waals surface area contributed by atoms with E-state index in [1.54, 1.807) is 4.67 Å². The maximum Gasteiger partial charge on any atom is 0.259 e. The lowest BCUT2D eigenvalue weighted by Crippen LogP contribution is -2.31. The molecule has 0 bridgehead atoms. The van der Waals surface area contributed by atoms with Crippen LogP contribution in [0, 0.1) is 0 Å². The Kier molecular flexibility index (Phi) is 5.46. The molecule has 20 heavy (non-hydrogen) atoms. The Morgan fingerprint density at radius 2 is 2.05 bits per heavy atom. The molecule has 110 valence electrons. The molecule has 0 spiro atoms. The first-order valence-corrected chi connectivity index (χ1v) is 8.00. The molecular formula is C14H20FN2O2P. The van der Waals surface area contributed by atoms with Gasteiger partial charge in [-0.2, -0.15) is 0 Å². The first kappa shape index (κ1) is 15.4. The second kappa shape index (κ2) is 7.11. The minimum atomic E-state index is -1.20. The quantitative estimate of drug-likeness (QED) is 0.783. The van der Waals surface area contributed by atoms with E-state index in [9.17, 15) is 9.18 Å². The van der Waals surface area contributed by atoms with E-state index >= 15 is 0 Å². The number of amides is 1. The van der Waals surface area contributed by atoms with Gasteiger partial charge in [0.25, 0.3) is 5.91 Å². The number of alkyl halides is 1. The maximum atomic E-state index is 12.8. The largest absolute Gasteiger partial charge is 0.317 e. The third-order valence-corrected chi connectivity index (χ3v) is 5.60. The van der Waals surface area contributed by atoms with Crippen LogP contribution in [0.2, 0.25) is 0 Å². The Bertz CT molecular complexity index is 442. The second-order valence-corrected chi connectivity index (χ2v) is 6.27. The predicted molar refractivity (Wildman–Crippen MR) is 77.8 cm³/mol. The van der Waals surface area contributed by atoms with Crippen molar-refractivity contribution in [3.8, 4) is 0 Å². The Labute approximate surface area is 120 Å². The third-order valence-electron chi connectivity index (χ3n) is 3.31. The highest BCUT2D eigenvalue weighted by molar-refractivity contribution is 7.48. The van der Waals surface area contributed by atoms with Crippen molar-refractivity contribution < 1.29 is 13.7 Å². The van der Waals surface area contributed by atoms with Crippen molar-refractivity contribution in [2.75, 3.05) is 26.3 Å². The van der Waals surface area contributed by atoms with E-state index in [4.69, 9.17) is 4.52 Å². The summed E-state index contributed by atoms with van der Waals surface area (Å²) in [6.07, 6.45) is -0.168. The Morgan fingerprint density at radius 3 is 2.60 bits per heavy atom. The van der Waals surface area contributed by atoms with Crippen LogP contribution in [0.3, 0.4) is 0 Å². The van der Waals surface area contributed by atoms with Crippen molar-refractivity contribution in [3.05, 3.63) is 35.9 Å². The first-order chi connectivity index (χ1) is 9.71. The summed E-state index contributed by atoms with van der Waals surface area (Å²) >= 11 is 0. The summed E-state index contributed by atoms with van der Waals surface area (Å²) in [5.41, 5.74) is 1.03. The number of carbonyl (C=O) groups is 1. The smallest absolute Gasteiger partial charge is 0.259 e. The summed E-state index contributed by atoms with van der Waals surface area (Å²) < 4.78 is 22.4. The average Bonchev–Trinajstić information content (AvgIpc) is 2.94. The van der Waals surface area contributed by atoms with Crippen LogP contribution >= 0.6 is 8.45 Å². The molecule has 0 aromatic heterocycles. The van der Waals surface area contributed by atoms with Gasteiger partial charge in [-0.1, -0.05) is 44.2 Å². The van der Waals surface area contributed by atoms with Gasteiger partial charge in [-0.25, -0.2) is 9.06 Å². The standard InChI is InChI=1S/C14H20FN2O2P/c1-3-16(4-2)20-17(14(18)10-15)11-13(19-20)12-8-6-5-7-9-12/h5-9,13H,3-4,10-11H2,1-2H3/t13-,20?/m0/s1. The van der Waals surface area contributed by atoms with Crippen molar-refractivity contribution >= 4 is 14.4 Å². The molecule has 1 aromatic rings. The highest BCUT2D eigenvalue weighted by atomic mass is 31.2. The molecule has 4 nitrogen and oxygen atoms in total. The Hall–Kier alpha value is -1.03. The summed E-state index contributed by atoms with van der Waals surface area (Å²) in [7, 11) is -1.20. The third kappa shape index (κ3) is 3.17. The molecule has 0 aliphatic carbocycles. The summed E-state index contributed by atoms with van der Waals surface area (Å²) in [6, 6.07) is 9.78. The molecule has 6 heteroatoms. The number of halogens is 1. The number of hydrogen-bond donors (Lipinski definition) is 0. The fourth-order valence-corrected chi connectivity index (χ4v) is 4.20. The molecule has 1 aliphatic rings. The van der Waals surface area contributed by atoms with Crippen molar-refractivity contribution in [1.82, 2.24) is 9.34 Å². The van der Waals surface area contributed by atoms with Gasteiger partial charge in [-0.15, -0.1) is 0 Å². The second-order valence-electron chi connectivity index (χ2n) is 4.51. The summed E-state index contributed by atoms with van der Waals surface area (Å²) in [5, 5.41) is 0. The van der Waals surface area contributed by atoms with Gasteiger partial charge in [0.15, 0.2) is 6.67 Å². The average molecular weight is 298 g/mol. The van der Waals surface area contributed by atoms with Crippen LogP contribution in [0.15, 0.2) is 30.3 Å². The zero-order valence-corrected chi connectivity index (χ0v) is 12.7. The minimum Gasteiger partial charge on any atom is -0.317 e. The zero-order valence-electron chi connectivity index (χ0n) is 11.8. The van der Waals surface area contributed by atoms with Crippen LogP contribution in [0.4, 0.5) is 4.39 Å². The van der Waals surface area contributed by atoms with E-state index in [0.717, 1.165) is 18.7 Å². The highest BCUT2D eigenvalue weighted by Crippen LogP contribution is 2.55. The number of benzene rings is 1. The first-order valence-electron chi connectivity index (χ1n) is 6.84. The molecule has 0 radical (unpaired) electrons. The predicted octanol–water partition coefficient (Wildman–Crippen LogP) is 3.12. The molecule has 1 amide bonds. The lowest BCUT2D eigenvalue weighted by Gasteiger charge is -2.29. The number of carbonyl (C=O) groups excluding carboxylic acids is 1. The molecule has 2 atom stereocenters. The van der Waals surface area contributed by atoms with Gasteiger partial charge in [0, 0.05) is 13.1 Å². The zero-order chi connectivity index (χ0) is 14.5. The van der Waals surface area contributed by atoms with E-state index in [1.165, 1.54) is 0 Å². The SMILES string of the molecule is CCN(CC)P1O[C@H](c2ccccc2)CN1C(=O)CF. The minimum absolute atomic E-state index is 0.168. The molecule has 0 N–H and O–H groups in total. The molecule has 1 unspecified atom stereocenters. The molecule has 1 heterocycles. The van der Waals surface area contributed by atoms with Gasteiger partial charge in [-0.3, -0.25) is 9.46 Å². The lowest BCUT2D eigenvalue weighted by molar-refractivity contribution is -0.127. The fourth-order valence-electron chi connectivity index (χ4n) is 2.22. The van der Waals surface area contributed by atoms with Gasteiger partial charge in [0.05, 0.1) is 6.54 Å². The van der Waals surface area contributed by atoms with Crippen molar-refractivity contribution in [2.45, 2.75) is 20.0 Å². The number of nitrogens with zero attached hydrogens (tertiary/aromatic N) is 2. The van der Waals surface area contributed by atoms with Crippen LogP contribution < -0.4 is 0 Å². The molecule has 1 fully saturated rings. The van der Waals surface area contributed by atoms with E-state index < -0.39 is 21.0 Å². The van der Waals surface area contributed by atoms with E-state index in [-0.39, 0.29) is 6.10 Å². The molecule has 1 aromatic carbocycles. The van der Waals surface area contributed by atoms with Gasteiger partial charge >= 0.3 is 0 Å². The van der Waals surface area contributed by atoms with Crippen LogP contribution in [0.25, 0.3) is 0 Å². The highest BCUT2D eigenvalue weighted by Gasteiger charge is 2.40. The molecule has 1 aliphatic heterocycles. The topological polar surface area (TPSA) is 32.8 Å². The van der Waals surface area contributed by atoms with Gasteiger partial charge < -0.3 is 4.52 Å². The van der Waals surface area contributed by atoms with Crippen molar-refractivity contribution in [1.29, 1.82) is 0 Å². The van der Waals surface area contributed by atoms with Crippen molar-refractivity contribution in [2.24, 2.45) is 0 Å². The number of rotatable bonds is 5. The van der Waals surface area contributed by atoms with E-state index in [2.05, 4.69) is 4.67 Å². The van der Waals surface area contributed by atoms with Crippen LogP contribution in [-0.2, 0) is 9.32 Å². The number of hydrogen-bond acceptors (Lipinski definition) is 3. The fraction of sp³-hybridized carbons (Fsp3) is 0.500. The normalized spacial score (nSPS) is 22.5. The van der Waals surface area contributed by atoms with Crippen LogP contribution in [0.5, 0.6) is 0 Å².